The average Bonchev–Trinajstić information content (AvgIpc) is 3.36. The Bertz CT molecular complexity index is 1690. The van der Waals surface area contributed by atoms with Gasteiger partial charge in [-0.25, -0.2) is 9.97 Å². The van der Waals surface area contributed by atoms with Crippen molar-refractivity contribution in [1.82, 2.24) is 24.6 Å². The summed E-state index contributed by atoms with van der Waals surface area (Å²) in [4.78, 5) is 25.3. The van der Waals surface area contributed by atoms with Crippen molar-refractivity contribution < 1.29 is 14.3 Å². The molecular weight excluding hydrogens is 541 g/mol. The van der Waals surface area contributed by atoms with Gasteiger partial charge in [-0.05, 0) is 30.2 Å². The molecule has 39 heavy (non-hydrogen) atoms. The number of carbonyl (C=O) groups excluding carboxylic acids is 1. The van der Waals surface area contributed by atoms with E-state index >= 15 is 0 Å². The van der Waals surface area contributed by atoms with Gasteiger partial charge in [-0.3, -0.25) is 4.79 Å². The molecule has 10 nitrogen and oxygen atoms in total. The highest BCUT2D eigenvalue weighted by Crippen LogP contribution is 2.47. The number of pyridine rings is 1. The van der Waals surface area contributed by atoms with Gasteiger partial charge in [0.15, 0.2) is 17.1 Å². The van der Waals surface area contributed by atoms with Crippen LogP contribution in [0.5, 0.6) is 11.5 Å². The lowest BCUT2D eigenvalue weighted by Gasteiger charge is -2.15. The molecule has 0 aliphatic rings. The average molecular weight is 566 g/mol. The second-order valence-corrected chi connectivity index (χ2v) is 9.47. The molecule has 0 aliphatic heterocycles. The number of anilines is 2. The molecule has 0 saturated carbocycles. The number of amides is 1. The van der Waals surface area contributed by atoms with Crippen LogP contribution in [-0.2, 0) is 17.6 Å². The largest absolute Gasteiger partial charge is 0.495 e. The van der Waals surface area contributed by atoms with Crippen LogP contribution in [-0.4, -0.2) is 51.7 Å². The molecular formula is C27H25Cl2N7O3. The molecule has 0 spiro atoms. The molecule has 12 heteroatoms. The molecule has 0 bridgehead atoms. The second-order valence-electron chi connectivity index (χ2n) is 8.71. The Morgan fingerprint density at radius 2 is 1.74 bits per heavy atom. The van der Waals surface area contributed by atoms with Crippen LogP contribution in [0.2, 0.25) is 10.0 Å². The van der Waals surface area contributed by atoms with Crippen molar-refractivity contribution in [2.75, 3.05) is 31.9 Å². The van der Waals surface area contributed by atoms with Gasteiger partial charge < -0.3 is 20.1 Å². The smallest absolute Gasteiger partial charge is 0.224 e. The number of nitrogens with one attached hydrogen (secondary N) is 2. The van der Waals surface area contributed by atoms with Crippen molar-refractivity contribution in [2.24, 2.45) is 0 Å². The molecule has 0 aliphatic carbocycles. The van der Waals surface area contributed by atoms with Crippen molar-refractivity contribution in [3.63, 3.8) is 0 Å². The van der Waals surface area contributed by atoms with Crippen molar-refractivity contribution in [3.05, 3.63) is 64.0 Å². The van der Waals surface area contributed by atoms with Gasteiger partial charge in [-0.15, -0.1) is 5.10 Å². The first kappa shape index (κ1) is 26.5. The molecule has 200 valence electrons. The van der Waals surface area contributed by atoms with Crippen LogP contribution in [0, 0.1) is 0 Å². The summed E-state index contributed by atoms with van der Waals surface area (Å²) in [6.45, 7) is 1.48. The minimum Gasteiger partial charge on any atom is -0.495 e. The fourth-order valence-corrected chi connectivity index (χ4v) is 5.05. The number of fused-ring (bicyclic) bond motifs is 3. The fraction of sp³-hybridized carbons (Fsp3) is 0.222. The number of methoxy groups -OCH3 is 2. The lowest BCUT2D eigenvalue weighted by atomic mass is 10.0. The van der Waals surface area contributed by atoms with Gasteiger partial charge in [0, 0.05) is 54.9 Å². The third-order valence-corrected chi connectivity index (χ3v) is 6.89. The van der Waals surface area contributed by atoms with Gasteiger partial charge in [-0.1, -0.05) is 35.3 Å². The zero-order chi connectivity index (χ0) is 27.7. The Hall–Kier alpha value is -4.15. The maximum Gasteiger partial charge on any atom is 0.224 e. The SMILES string of the molecule is CNc1ncc2cc(-c3c(Cl)c(OC)cc(OC)c3Cl)c3nc(CCc4cccc(NC(C)=O)c4)nn3c2n1. The van der Waals surface area contributed by atoms with Crippen molar-refractivity contribution in [3.8, 4) is 22.6 Å². The molecule has 0 unspecified atom stereocenters. The maximum atomic E-state index is 11.5. The summed E-state index contributed by atoms with van der Waals surface area (Å²) in [7, 11) is 4.80. The van der Waals surface area contributed by atoms with Crippen LogP contribution in [0.25, 0.3) is 27.8 Å². The van der Waals surface area contributed by atoms with E-state index in [1.165, 1.54) is 21.1 Å². The fourth-order valence-electron chi connectivity index (χ4n) is 4.35. The predicted octanol–water partition coefficient (Wildman–Crippen LogP) is 5.45. The Morgan fingerprint density at radius 3 is 2.41 bits per heavy atom. The molecule has 0 atom stereocenters. The maximum absolute atomic E-state index is 11.5. The molecule has 5 rings (SSSR count). The van der Waals surface area contributed by atoms with E-state index in [0.29, 0.717) is 74.0 Å². The van der Waals surface area contributed by atoms with Crippen LogP contribution >= 0.6 is 23.2 Å². The molecule has 0 fully saturated rings. The standard InChI is InChI=1S/C27H25Cl2N7O3/c1-14(37)32-17-7-5-6-15(10-17)8-9-21-33-26-18(22-23(28)19(38-3)12-20(39-4)24(22)29)11-16-13-31-27(30-2)34-25(16)36(26)35-21/h5-7,10-13H,8-9H2,1-4H3,(H,32,37)(H,30,31,34). The Balaban J connectivity index is 1.66. The van der Waals surface area contributed by atoms with Crippen LogP contribution in [0.15, 0.2) is 42.6 Å². The first-order valence-electron chi connectivity index (χ1n) is 12.0. The molecule has 0 radical (unpaired) electrons. The topological polar surface area (TPSA) is 116 Å². The number of carbonyl (C=O) groups is 1. The zero-order valence-corrected chi connectivity index (χ0v) is 23.2. The molecule has 3 heterocycles. The summed E-state index contributed by atoms with van der Waals surface area (Å²) in [5.74, 6) is 1.74. The molecule has 0 saturated heterocycles. The van der Waals surface area contributed by atoms with Gasteiger partial charge in [0.05, 0.1) is 24.3 Å². The number of benzene rings is 2. The normalized spacial score (nSPS) is 11.1. The first-order chi connectivity index (χ1) is 18.8. The Morgan fingerprint density at radius 1 is 1.00 bits per heavy atom. The number of rotatable bonds is 8. The van der Waals surface area contributed by atoms with Gasteiger partial charge in [0.1, 0.15) is 11.5 Å². The number of nitrogens with zero attached hydrogens (tertiary/aromatic N) is 5. The lowest BCUT2D eigenvalue weighted by molar-refractivity contribution is -0.114. The molecule has 3 aromatic heterocycles. The molecule has 1 amide bonds. The minimum atomic E-state index is -0.122. The summed E-state index contributed by atoms with van der Waals surface area (Å²) in [6.07, 6.45) is 2.90. The number of aryl methyl sites for hydroxylation is 2. The van der Waals surface area contributed by atoms with Crippen molar-refractivity contribution in [2.45, 2.75) is 19.8 Å². The van der Waals surface area contributed by atoms with E-state index < -0.39 is 0 Å². The van der Waals surface area contributed by atoms with E-state index in [9.17, 15) is 4.79 Å². The van der Waals surface area contributed by atoms with Crippen LogP contribution in [0.1, 0.15) is 18.3 Å². The van der Waals surface area contributed by atoms with E-state index in [-0.39, 0.29) is 5.91 Å². The van der Waals surface area contributed by atoms with Crippen LogP contribution in [0.3, 0.4) is 0 Å². The van der Waals surface area contributed by atoms with Crippen LogP contribution < -0.4 is 20.1 Å². The third kappa shape index (κ3) is 5.13. The minimum absolute atomic E-state index is 0.122. The van der Waals surface area contributed by atoms with Gasteiger partial charge in [0.2, 0.25) is 11.9 Å². The summed E-state index contributed by atoms with van der Waals surface area (Å²) in [6, 6.07) is 11.2. The molecule has 2 aromatic carbocycles. The Kier molecular flexibility index (Phi) is 7.40. The van der Waals surface area contributed by atoms with Gasteiger partial charge in [-0.2, -0.15) is 9.50 Å². The predicted molar refractivity (Wildman–Crippen MR) is 152 cm³/mol. The highest BCUT2D eigenvalue weighted by Gasteiger charge is 2.24. The summed E-state index contributed by atoms with van der Waals surface area (Å²) in [5.41, 5.74) is 3.99. The molecule has 5 aromatic rings. The number of ether oxygens (including phenoxy) is 2. The van der Waals surface area contributed by atoms with E-state index in [1.54, 1.807) is 23.8 Å². The van der Waals surface area contributed by atoms with Gasteiger partial charge >= 0.3 is 0 Å². The van der Waals surface area contributed by atoms with E-state index in [2.05, 4.69) is 20.6 Å². The van der Waals surface area contributed by atoms with Gasteiger partial charge in [0.25, 0.3) is 0 Å². The lowest BCUT2D eigenvalue weighted by Crippen LogP contribution is -2.06. The highest BCUT2D eigenvalue weighted by molar-refractivity contribution is 6.41. The third-order valence-electron chi connectivity index (χ3n) is 6.14. The molecule has 2 N–H and O–H groups in total. The number of hydrogen-bond donors (Lipinski definition) is 2. The second kappa shape index (κ2) is 10.9. The highest BCUT2D eigenvalue weighted by atomic mass is 35.5. The summed E-state index contributed by atoms with van der Waals surface area (Å²) < 4.78 is 12.7. The van der Waals surface area contributed by atoms with E-state index in [1.807, 2.05) is 30.3 Å². The monoisotopic (exact) mass is 565 g/mol. The Labute approximate surface area is 234 Å². The van der Waals surface area contributed by atoms with Crippen molar-refractivity contribution >= 4 is 57.4 Å². The number of aromatic nitrogens is 5. The van der Waals surface area contributed by atoms with Crippen LogP contribution in [0.4, 0.5) is 11.6 Å². The van der Waals surface area contributed by atoms with E-state index in [0.717, 1.165) is 11.3 Å². The number of halogens is 2. The first-order valence-corrected chi connectivity index (χ1v) is 12.8. The van der Waals surface area contributed by atoms with E-state index in [4.69, 9.17) is 42.8 Å². The van der Waals surface area contributed by atoms with Crippen molar-refractivity contribution in [1.29, 1.82) is 0 Å². The summed E-state index contributed by atoms with van der Waals surface area (Å²) in [5, 5.41) is 11.9. The summed E-state index contributed by atoms with van der Waals surface area (Å²) >= 11 is 13.6. The zero-order valence-electron chi connectivity index (χ0n) is 21.7. The number of hydrogen-bond acceptors (Lipinski definition) is 8. The quantitative estimate of drug-likeness (QED) is 0.255.